The Hall–Kier alpha value is -2.03. The summed E-state index contributed by atoms with van der Waals surface area (Å²) >= 11 is 0. The fourth-order valence-corrected chi connectivity index (χ4v) is 1.15. The summed E-state index contributed by atoms with van der Waals surface area (Å²) in [6.07, 6.45) is 0. The molecule has 0 aliphatic carbocycles. The Morgan fingerprint density at radius 3 is 2.56 bits per heavy atom. The molecule has 0 N–H and O–H groups in total. The Morgan fingerprint density at radius 1 is 1.50 bits per heavy atom. The average molecular weight is 229 g/mol. The van der Waals surface area contributed by atoms with Gasteiger partial charge < -0.3 is 4.74 Å². The van der Waals surface area contributed by atoms with E-state index < -0.39 is 29.5 Å². The van der Waals surface area contributed by atoms with Crippen LogP contribution < -0.4 is 4.74 Å². The van der Waals surface area contributed by atoms with Crippen LogP contribution in [0.1, 0.15) is 22.8 Å². The van der Waals surface area contributed by atoms with Gasteiger partial charge in [0.05, 0.1) is 11.1 Å². The number of hydrogen-bond donors (Lipinski definition) is 0. The van der Waals surface area contributed by atoms with Crippen LogP contribution in [-0.2, 0) is 0 Å². The molecular formula is C10H6F3NO2. The zero-order chi connectivity index (χ0) is 12.3. The number of rotatable bonds is 3. The first-order chi connectivity index (χ1) is 7.45. The number of ether oxygens (including phenoxy) is 1. The van der Waals surface area contributed by atoms with Crippen LogP contribution >= 0.6 is 0 Å². The Kier molecular flexibility index (Phi) is 3.51. The lowest BCUT2D eigenvalue weighted by Gasteiger charge is -2.10. The lowest BCUT2D eigenvalue weighted by Crippen LogP contribution is -2.09. The number of benzene rings is 1. The Labute approximate surface area is 89.1 Å². The molecule has 0 fully saturated rings. The molecule has 1 rings (SSSR count). The van der Waals surface area contributed by atoms with Crippen molar-refractivity contribution in [2.75, 3.05) is 0 Å². The molecule has 0 atom stereocenters. The second-order valence-electron chi connectivity index (χ2n) is 2.88. The quantitative estimate of drug-likeness (QED) is 0.748. The zero-order valence-electron chi connectivity index (χ0n) is 8.13. The summed E-state index contributed by atoms with van der Waals surface area (Å²) in [7, 11) is 0. The summed E-state index contributed by atoms with van der Waals surface area (Å²) in [4.78, 5) is 11.1. The highest BCUT2D eigenvalue weighted by Crippen LogP contribution is 2.27. The second-order valence-corrected chi connectivity index (χ2v) is 2.88. The smallest absolute Gasteiger partial charge is 0.387 e. The summed E-state index contributed by atoms with van der Waals surface area (Å²) in [6.45, 7) is -2.12. The van der Waals surface area contributed by atoms with Crippen LogP contribution in [0.25, 0.3) is 0 Å². The minimum absolute atomic E-state index is 0.378. The van der Waals surface area contributed by atoms with Crippen LogP contribution in [0.2, 0.25) is 0 Å². The molecule has 6 heteroatoms. The van der Waals surface area contributed by atoms with Crippen molar-refractivity contribution in [3.8, 4) is 11.8 Å². The third-order valence-corrected chi connectivity index (χ3v) is 1.76. The molecule has 0 aromatic heterocycles. The van der Waals surface area contributed by atoms with Crippen molar-refractivity contribution in [1.82, 2.24) is 0 Å². The van der Waals surface area contributed by atoms with Gasteiger partial charge in [-0.15, -0.1) is 0 Å². The highest BCUT2D eigenvalue weighted by Gasteiger charge is 2.19. The number of carbonyl (C=O) groups excluding carboxylic acids is 1. The summed E-state index contributed by atoms with van der Waals surface area (Å²) in [5.41, 5.74) is -0.817. The molecule has 0 heterocycles. The number of alkyl halides is 2. The molecule has 3 nitrogen and oxygen atoms in total. The molecular weight excluding hydrogens is 223 g/mol. The van der Waals surface area contributed by atoms with Crippen molar-refractivity contribution in [2.24, 2.45) is 0 Å². The lowest BCUT2D eigenvalue weighted by molar-refractivity contribution is -0.0503. The van der Waals surface area contributed by atoms with E-state index in [9.17, 15) is 18.0 Å². The predicted octanol–water partition coefficient (Wildman–Crippen LogP) is 2.50. The zero-order valence-corrected chi connectivity index (χ0v) is 8.13. The molecule has 1 aromatic rings. The molecule has 16 heavy (non-hydrogen) atoms. The van der Waals surface area contributed by atoms with E-state index in [-0.39, 0.29) is 5.56 Å². The number of nitriles is 1. The molecule has 0 spiro atoms. The van der Waals surface area contributed by atoms with E-state index in [0.29, 0.717) is 0 Å². The van der Waals surface area contributed by atoms with Crippen LogP contribution in [0.3, 0.4) is 0 Å². The van der Waals surface area contributed by atoms with Gasteiger partial charge in [0, 0.05) is 0 Å². The first-order valence-corrected chi connectivity index (χ1v) is 4.15. The van der Waals surface area contributed by atoms with Gasteiger partial charge in [0.2, 0.25) is 0 Å². The number of Topliss-reactive ketones (excluding diaryl/α,β-unsaturated/α-hetero) is 1. The summed E-state index contributed by atoms with van der Waals surface area (Å²) in [5.74, 6) is -2.11. The first kappa shape index (κ1) is 12.0. The Bertz CT molecular complexity index is 466. The fraction of sp³-hybridized carbons (Fsp3) is 0.200. The van der Waals surface area contributed by atoms with Gasteiger partial charge in [0.1, 0.15) is 11.9 Å². The van der Waals surface area contributed by atoms with Crippen molar-refractivity contribution in [1.29, 1.82) is 5.26 Å². The SMILES string of the molecule is CC(=O)c1cc(F)cc(C#N)c1OC(F)F. The lowest BCUT2D eigenvalue weighted by atomic mass is 10.1. The van der Waals surface area contributed by atoms with E-state index in [1.165, 1.54) is 6.07 Å². The first-order valence-electron chi connectivity index (χ1n) is 4.15. The van der Waals surface area contributed by atoms with E-state index in [2.05, 4.69) is 4.74 Å². The van der Waals surface area contributed by atoms with E-state index in [1.54, 1.807) is 0 Å². The van der Waals surface area contributed by atoms with E-state index in [1.807, 2.05) is 0 Å². The Morgan fingerprint density at radius 2 is 2.12 bits per heavy atom. The minimum atomic E-state index is -3.18. The standard InChI is InChI=1S/C10H6F3NO2/c1-5(15)8-3-7(11)2-6(4-14)9(8)16-10(12)13/h2-3,10H,1H3. The monoisotopic (exact) mass is 229 g/mol. The molecule has 0 amide bonds. The molecule has 0 unspecified atom stereocenters. The maximum absolute atomic E-state index is 12.9. The van der Waals surface area contributed by atoms with E-state index in [0.717, 1.165) is 19.1 Å². The van der Waals surface area contributed by atoms with Gasteiger partial charge in [-0.3, -0.25) is 4.79 Å². The highest BCUT2D eigenvalue weighted by atomic mass is 19.3. The third-order valence-electron chi connectivity index (χ3n) is 1.76. The molecule has 0 aliphatic rings. The van der Waals surface area contributed by atoms with Crippen LogP contribution in [0.15, 0.2) is 12.1 Å². The number of ketones is 1. The predicted molar refractivity (Wildman–Crippen MR) is 47.8 cm³/mol. The molecule has 0 aliphatic heterocycles. The van der Waals surface area contributed by atoms with Crippen molar-refractivity contribution >= 4 is 5.78 Å². The second kappa shape index (κ2) is 4.66. The van der Waals surface area contributed by atoms with Gasteiger partial charge in [0.15, 0.2) is 11.5 Å². The highest BCUT2D eigenvalue weighted by molar-refractivity contribution is 5.97. The van der Waals surface area contributed by atoms with E-state index in [4.69, 9.17) is 5.26 Å². The topological polar surface area (TPSA) is 50.1 Å². The van der Waals surface area contributed by atoms with Crippen molar-refractivity contribution in [3.05, 3.63) is 29.1 Å². The number of halogens is 3. The number of hydrogen-bond acceptors (Lipinski definition) is 3. The molecule has 0 saturated carbocycles. The van der Waals surface area contributed by atoms with Crippen LogP contribution in [0, 0.1) is 17.1 Å². The van der Waals surface area contributed by atoms with Crippen LogP contribution in [0.4, 0.5) is 13.2 Å². The Balaban J connectivity index is 3.40. The maximum atomic E-state index is 12.9. The van der Waals surface area contributed by atoms with Crippen LogP contribution in [0.5, 0.6) is 5.75 Å². The van der Waals surface area contributed by atoms with Crippen molar-refractivity contribution in [3.63, 3.8) is 0 Å². The van der Waals surface area contributed by atoms with Gasteiger partial charge in [-0.1, -0.05) is 0 Å². The summed E-state index contributed by atoms with van der Waals surface area (Å²) < 4.78 is 41.1. The van der Waals surface area contributed by atoms with Gasteiger partial charge in [-0.2, -0.15) is 14.0 Å². The largest absolute Gasteiger partial charge is 0.433 e. The third kappa shape index (κ3) is 2.51. The van der Waals surface area contributed by atoms with Gasteiger partial charge in [-0.25, -0.2) is 4.39 Å². The average Bonchev–Trinajstić information content (AvgIpc) is 2.19. The molecule has 84 valence electrons. The van der Waals surface area contributed by atoms with Crippen molar-refractivity contribution in [2.45, 2.75) is 13.5 Å². The summed E-state index contributed by atoms with van der Waals surface area (Å²) in [6, 6.07) is 2.96. The van der Waals surface area contributed by atoms with Crippen molar-refractivity contribution < 1.29 is 22.7 Å². The van der Waals surface area contributed by atoms with E-state index >= 15 is 0 Å². The van der Waals surface area contributed by atoms with Crippen LogP contribution in [-0.4, -0.2) is 12.4 Å². The van der Waals surface area contributed by atoms with Gasteiger partial charge in [-0.05, 0) is 19.1 Å². The van der Waals surface area contributed by atoms with Gasteiger partial charge >= 0.3 is 6.61 Å². The maximum Gasteiger partial charge on any atom is 0.387 e. The fourth-order valence-electron chi connectivity index (χ4n) is 1.15. The molecule has 1 aromatic carbocycles. The molecule has 0 radical (unpaired) electrons. The molecule has 0 saturated heterocycles. The summed E-state index contributed by atoms with van der Waals surface area (Å²) in [5, 5.41) is 8.61. The minimum Gasteiger partial charge on any atom is -0.433 e. The molecule has 0 bridgehead atoms. The normalized spacial score (nSPS) is 10.0. The van der Waals surface area contributed by atoms with Gasteiger partial charge in [0.25, 0.3) is 0 Å². The number of carbonyl (C=O) groups is 1. The number of nitrogens with zero attached hydrogens (tertiary/aromatic N) is 1.